The molecule has 0 rings (SSSR count). The van der Waals surface area contributed by atoms with Gasteiger partial charge < -0.3 is 0 Å². The molecule has 0 amide bonds. The van der Waals surface area contributed by atoms with Crippen LogP contribution in [0, 0.1) is 11.8 Å². The maximum atomic E-state index is 2.34. The molecule has 0 N–H and O–H groups in total. The van der Waals surface area contributed by atoms with Crippen LogP contribution < -0.4 is 0 Å². The topological polar surface area (TPSA) is 0 Å². The van der Waals surface area contributed by atoms with E-state index < -0.39 is 0 Å². The van der Waals surface area contributed by atoms with E-state index in [0.29, 0.717) is 0 Å². The van der Waals surface area contributed by atoms with Crippen molar-refractivity contribution in [3.63, 3.8) is 0 Å². The summed E-state index contributed by atoms with van der Waals surface area (Å²) in [5.74, 6) is 2.07. The third kappa shape index (κ3) is 19.3. The smallest absolute Gasteiger partial charge is 0.0414 e. The van der Waals surface area contributed by atoms with Crippen molar-refractivity contribution in [1.82, 2.24) is 0 Å². The van der Waals surface area contributed by atoms with Gasteiger partial charge in [0.25, 0.3) is 0 Å². The number of unbranched alkanes of at least 4 members (excludes halogenated alkanes) is 11. The van der Waals surface area contributed by atoms with Crippen molar-refractivity contribution >= 4 is 0 Å². The van der Waals surface area contributed by atoms with Gasteiger partial charge in [-0.3, -0.25) is 0 Å². The highest BCUT2D eigenvalue weighted by Gasteiger charge is 2.10. The van der Waals surface area contributed by atoms with Crippen molar-refractivity contribution in [3.05, 3.63) is 0 Å². The van der Waals surface area contributed by atoms with Crippen LogP contribution in [0.15, 0.2) is 0 Å². The molecular weight excluding hydrogens is 336 g/mol. The lowest BCUT2D eigenvalue weighted by atomic mass is 9.88. The summed E-state index contributed by atoms with van der Waals surface area (Å²) in [5, 5.41) is 0. The molecule has 0 aliphatic carbocycles. The molecule has 0 aromatic heterocycles. The Morgan fingerprint density at radius 1 is 0.286 bits per heavy atom. The minimum absolute atomic E-state index is 1.04. The van der Waals surface area contributed by atoms with Gasteiger partial charge in [-0.2, -0.15) is 0 Å². The molecule has 0 aliphatic rings. The number of hydrogen-bond donors (Lipinski definition) is 0. The molecule has 0 aromatic rings. The zero-order chi connectivity index (χ0) is 20.7. The minimum Gasteiger partial charge on any atom is -0.0654 e. The van der Waals surface area contributed by atoms with Crippen LogP contribution in [0.2, 0.25) is 0 Å². The lowest BCUT2D eigenvalue weighted by molar-refractivity contribution is 0.355. The van der Waals surface area contributed by atoms with E-state index in [-0.39, 0.29) is 0 Å². The Balaban J connectivity index is 3.91. The van der Waals surface area contributed by atoms with Gasteiger partial charge in [-0.25, -0.2) is 0 Å². The summed E-state index contributed by atoms with van der Waals surface area (Å²) in [6, 6.07) is 0. The first-order chi connectivity index (χ1) is 13.8. The second kappa shape index (κ2) is 23.3. The molecule has 0 fully saturated rings. The Morgan fingerprint density at radius 2 is 0.500 bits per heavy atom. The Bertz CT molecular complexity index is 221. The van der Waals surface area contributed by atoms with Gasteiger partial charge in [-0.1, -0.05) is 169 Å². The van der Waals surface area contributed by atoms with Gasteiger partial charge in [-0.15, -0.1) is 0 Å². The summed E-state index contributed by atoms with van der Waals surface area (Å²) in [4.78, 5) is 0. The summed E-state index contributed by atoms with van der Waals surface area (Å²) in [5.41, 5.74) is 0. The molecule has 0 saturated carbocycles. The number of rotatable bonds is 23. The highest BCUT2D eigenvalue weighted by molar-refractivity contribution is 4.63. The molecule has 0 atom stereocenters. The van der Waals surface area contributed by atoms with Crippen LogP contribution >= 0.6 is 0 Å². The second-order valence-corrected chi connectivity index (χ2v) is 9.71. The van der Waals surface area contributed by atoms with Crippen molar-refractivity contribution in [2.45, 2.75) is 169 Å². The standard InChI is InChI=1S/C28H58/c1-5-9-15-21-27(22-16-10-6-2)25-19-13-14-20-26-28(23-17-11-7-3)24-18-12-8-4/h27-28H,5-26H2,1-4H3. The Labute approximate surface area is 181 Å². The van der Waals surface area contributed by atoms with E-state index in [2.05, 4.69) is 27.7 Å². The predicted molar refractivity (Wildman–Crippen MR) is 131 cm³/mol. The molecule has 28 heavy (non-hydrogen) atoms. The van der Waals surface area contributed by atoms with E-state index in [9.17, 15) is 0 Å². The summed E-state index contributed by atoms with van der Waals surface area (Å²) in [6.45, 7) is 9.35. The van der Waals surface area contributed by atoms with E-state index in [4.69, 9.17) is 0 Å². The average Bonchev–Trinajstić information content (AvgIpc) is 2.70. The van der Waals surface area contributed by atoms with Crippen molar-refractivity contribution < 1.29 is 0 Å². The van der Waals surface area contributed by atoms with Gasteiger partial charge in [0.05, 0.1) is 0 Å². The molecule has 0 aliphatic heterocycles. The van der Waals surface area contributed by atoms with E-state index >= 15 is 0 Å². The van der Waals surface area contributed by atoms with Crippen molar-refractivity contribution in [2.24, 2.45) is 11.8 Å². The summed E-state index contributed by atoms with van der Waals surface area (Å²) >= 11 is 0. The first-order valence-electron chi connectivity index (χ1n) is 13.8. The van der Waals surface area contributed by atoms with E-state index in [1.165, 1.54) is 141 Å². The predicted octanol–water partition coefficient (Wildman–Crippen LogP) is 10.9. The van der Waals surface area contributed by atoms with Crippen molar-refractivity contribution in [3.8, 4) is 0 Å². The molecular formula is C28H58. The van der Waals surface area contributed by atoms with Crippen LogP contribution in [0.5, 0.6) is 0 Å². The Kier molecular flexibility index (Phi) is 23.3. The van der Waals surface area contributed by atoms with Gasteiger partial charge in [0.15, 0.2) is 0 Å². The quantitative estimate of drug-likeness (QED) is 0.151. The first-order valence-corrected chi connectivity index (χ1v) is 13.8. The normalized spacial score (nSPS) is 11.8. The summed E-state index contributed by atoms with van der Waals surface area (Å²) < 4.78 is 0. The molecule has 0 radical (unpaired) electrons. The zero-order valence-corrected chi connectivity index (χ0v) is 20.7. The third-order valence-corrected chi connectivity index (χ3v) is 6.84. The van der Waals surface area contributed by atoms with E-state index in [1.807, 2.05) is 0 Å². The van der Waals surface area contributed by atoms with Crippen molar-refractivity contribution in [1.29, 1.82) is 0 Å². The van der Waals surface area contributed by atoms with Crippen LogP contribution in [0.3, 0.4) is 0 Å². The lowest BCUT2D eigenvalue weighted by Crippen LogP contribution is -2.02. The summed E-state index contributed by atoms with van der Waals surface area (Å²) in [6.07, 6.45) is 32.2. The maximum absolute atomic E-state index is 2.34. The molecule has 0 heteroatoms. The average molecular weight is 395 g/mol. The fraction of sp³-hybridized carbons (Fsp3) is 1.00. The largest absolute Gasteiger partial charge is 0.0654 e. The van der Waals surface area contributed by atoms with Crippen molar-refractivity contribution in [2.75, 3.05) is 0 Å². The van der Waals surface area contributed by atoms with Gasteiger partial charge in [0, 0.05) is 0 Å². The molecule has 0 nitrogen and oxygen atoms in total. The van der Waals surface area contributed by atoms with E-state index in [1.54, 1.807) is 0 Å². The van der Waals surface area contributed by atoms with Gasteiger partial charge in [0.1, 0.15) is 0 Å². The fourth-order valence-electron chi connectivity index (χ4n) is 4.82. The summed E-state index contributed by atoms with van der Waals surface area (Å²) in [7, 11) is 0. The molecule has 0 bridgehead atoms. The SMILES string of the molecule is CCCCCC(CCCCC)CCCCCCC(CCCCC)CCCCC. The van der Waals surface area contributed by atoms with Gasteiger partial charge >= 0.3 is 0 Å². The highest BCUT2D eigenvalue weighted by atomic mass is 14.2. The Morgan fingerprint density at radius 3 is 0.714 bits per heavy atom. The van der Waals surface area contributed by atoms with Crippen LogP contribution in [-0.2, 0) is 0 Å². The van der Waals surface area contributed by atoms with Crippen LogP contribution in [0.4, 0.5) is 0 Å². The molecule has 0 unspecified atom stereocenters. The number of hydrogen-bond acceptors (Lipinski definition) is 0. The monoisotopic (exact) mass is 394 g/mol. The van der Waals surface area contributed by atoms with E-state index in [0.717, 1.165) is 11.8 Å². The van der Waals surface area contributed by atoms with Crippen LogP contribution in [-0.4, -0.2) is 0 Å². The molecule has 0 saturated heterocycles. The zero-order valence-electron chi connectivity index (χ0n) is 20.7. The van der Waals surface area contributed by atoms with Gasteiger partial charge in [0.2, 0.25) is 0 Å². The maximum Gasteiger partial charge on any atom is -0.0414 e. The third-order valence-electron chi connectivity index (χ3n) is 6.84. The van der Waals surface area contributed by atoms with Crippen LogP contribution in [0.1, 0.15) is 169 Å². The van der Waals surface area contributed by atoms with Gasteiger partial charge in [-0.05, 0) is 11.8 Å². The highest BCUT2D eigenvalue weighted by Crippen LogP contribution is 2.26. The minimum atomic E-state index is 1.04. The first kappa shape index (κ1) is 28.0. The molecule has 170 valence electrons. The second-order valence-electron chi connectivity index (χ2n) is 9.71. The van der Waals surface area contributed by atoms with Crippen LogP contribution in [0.25, 0.3) is 0 Å². The fourth-order valence-corrected chi connectivity index (χ4v) is 4.82. The Hall–Kier alpha value is 0. The molecule has 0 spiro atoms. The molecule has 0 heterocycles. The lowest BCUT2D eigenvalue weighted by Gasteiger charge is -2.18. The molecule has 0 aromatic carbocycles.